The molecule has 0 saturated carbocycles. The predicted molar refractivity (Wildman–Crippen MR) is 98.5 cm³/mol. The minimum Gasteiger partial charge on any atom is -0.388 e. The molecule has 1 unspecified atom stereocenters. The first-order valence-electron chi connectivity index (χ1n) is 8.64. The maximum atomic E-state index is 12.2. The molecule has 2 aromatic carbocycles. The predicted octanol–water partition coefficient (Wildman–Crippen LogP) is 2.40. The Hall–Kier alpha value is -2.40. The largest absolute Gasteiger partial charge is 0.388 e. The van der Waals surface area contributed by atoms with Crippen molar-refractivity contribution >= 4 is 28.3 Å². The number of amides is 2. The van der Waals surface area contributed by atoms with Gasteiger partial charge in [-0.25, -0.2) is 0 Å². The number of anilines is 1. The van der Waals surface area contributed by atoms with Crippen molar-refractivity contribution < 1.29 is 14.7 Å². The van der Waals surface area contributed by atoms with Crippen molar-refractivity contribution in [1.29, 1.82) is 0 Å². The summed E-state index contributed by atoms with van der Waals surface area (Å²) in [5, 5.41) is 17.5. The van der Waals surface area contributed by atoms with Crippen LogP contribution in [0.3, 0.4) is 0 Å². The zero-order chi connectivity index (χ0) is 18.2. The molecule has 0 heterocycles. The third-order valence-corrected chi connectivity index (χ3v) is 5.18. The highest BCUT2D eigenvalue weighted by Gasteiger charge is 2.27. The quantitative estimate of drug-likeness (QED) is 0.748. The molecule has 132 valence electrons. The lowest BCUT2D eigenvalue weighted by Crippen LogP contribution is -2.47. The van der Waals surface area contributed by atoms with Gasteiger partial charge in [-0.3, -0.25) is 9.59 Å². The van der Waals surface area contributed by atoms with Crippen LogP contribution in [0.4, 0.5) is 5.69 Å². The Labute approximate surface area is 147 Å². The van der Waals surface area contributed by atoms with Crippen LogP contribution in [0.1, 0.15) is 31.9 Å². The standard InChI is InChI=1S/C20H24N2O3/c1-12(2)20(3,25)11-21-18(23)19(24)22-16-10-9-14-8-7-13-5-4-6-15(16)17(13)14/h4-6,9-10,12,25H,7-8,11H2,1-3H3,(H,21,23)(H,22,24). The molecule has 0 bridgehead atoms. The minimum absolute atomic E-state index is 0.0285. The molecule has 0 radical (unpaired) electrons. The Kier molecular flexibility index (Phi) is 4.52. The molecule has 5 nitrogen and oxygen atoms in total. The Balaban J connectivity index is 1.74. The molecular formula is C20H24N2O3. The molecule has 1 aliphatic carbocycles. The Morgan fingerprint density at radius 2 is 1.80 bits per heavy atom. The van der Waals surface area contributed by atoms with Gasteiger partial charge in [0.15, 0.2) is 0 Å². The topological polar surface area (TPSA) is 78.4 Å². The van der Waals surface area contributed by atoms with Crippen molar-refractivity contribution in [2.45, 2.75) is 39.2 Å². The van der Waals surface area contributed by atoms with E-state index in [2.05, 4.69) is 16.7 Å². The van der Waals surface area contributed by atoms with Gasteiger partial charge in [0, 0.05) is 17.6 Å². The molecule has 0 aliphatic heterocycles. The van der Waals surface area contributed by atoms with Crippen LogP contribution >= 0.6 is 0 Å². The number of carbonyl (C=O) groups excluding carboxylic acids is 2. The number of nitrogens with one attached hydrogen (secondary N) is 2. The van der Waals surface area contributed by atoms with Gasteiger partial charge in [0.2, 0.25) is 0 Å². The van der Waals surface area contributed by atoms with E-state index in [1.165, 1.54) is 16.5 Å². The molecule has 0 aromatic heterocycles. The molecule has 2 aromatic rings. The van der Waals surface area contributed by atoms with Crippen LogP contribution in [0, 0.1) is 5.92 Å². The van der Waals surface area contributed by atoms with Crippen molar-refractivity contribution in [3.05, 3.63) is 41.5 Å². The summed E-state index contributed by atoms with van der Waals surface area (Å²) in [5.41, 5.74) is 2.14. The van der Waals surface area contributed by atoms with E-state index in [4.69, 9.17) is 0 Å². The van der Waals surface area contributed by atoms with Gasteiger partial charge in [-0.05, 0) is 48.3 Å². The SMILES string of the molecule is CC(C)C(C)(O)CNC(=O)C(=O)Nc1ccc2c3c(cccc13)CC2. The van der Waals surface area contributed by atoms with Crippen LogP contribution in [0.2, 0.25) is 0 Å². The van der Waals surface area contributed by atoms with Crippen molar-refractivity contribution in [1.82, 2.24) is 5.32 Å². The van der Waals surface area contributed by atoms with Crippen molar-refractivity contribution in [3.63, 3.8) is 0 Å². The summed E-state index contributed by atoms with van der Waals surface area (Å²) in [4.78, 5) is 24.3. The first-order valence-corrected chi connectivity index (χ1v) is 8.64. The van der Waals surface area contributed by atoms with E-state index in [1.807, 2.05) is 38.1 Å². The van der Waals surface area contributed by atoms with Crippen LogP contribution in [-0.4, -0.2) is 29.1 Å². The zero-order valence-corrected chi connectivity index (χ0v) is 14.8. The summed E-state index contributed by atoms with van der Waals surface area (Å²) in [5.74, 6) is -1.50. The monoisotopic (exact) mass is 340 g/mol. The first kappa shape index (κ1) is 17.4. The third kappa shape index (κ3) is 3.37. The summed E-state index contributed by atoms with van der Waals surface area (Å²) in [6.45, 7) is 5.39. The van der Waals surface area contributed by atoms with Crippen LogP contribution in [0.5, 0.6) is 0 Å². The second kappa shape index (κ2) is 6.48. The van der Waals surface area contributed by atoms with Crippen molar-refractivity contribution in [3.8, 4) is 0 Å². The number of aryl methyl sites for hydroxylation is 2. The fraction of sp³-hybridized carbons (Fsp3) is 0.400. The molecule has 0 saturated heterocycles. The first-order chi connectivity index (χ1) is 11.8. The Morgan fingerprint density at radius 3 is 2.48 bits per heavy atom. The number of carbonyl (C=O) groups is 2. The van der Waals surface area contributed by atoms with Crippen LogP contribution in [-0.2, 0) is 22.4 Å². The van der Waals surface area contributed by atoms with Crippen molar-refractivity contribution in [2.24, 2.45) is 5.92 Å². The molecular weight excluding hydrogens is 316 g/mol. The number of rotatable bonds is 4. The number of benzene rings is 2. The fourth-order valence-electron chi connectivity index (χ4n) is 3.08. The summed E-state index contributed by atoms with van der Waals surface area (Å²) in [6.07, 6.45) is 2.02. The molecule has 2 amide bonds. The van der Waals surface area contributed by atoms with Crippen LogP contribution in [0.15, 0.2) is 30.3 Å². The van der Waals surface area contributed by atoms with Crippen molar-refractivity contribution in [2.75, 3.05) is 11.9 Å². The van der Waals surface area contributed by atoms with E-state index in [0.29, 0.717) is 5.69 Å². The smallest absolute Gasteiger partial charge is 0.313 e. The lowest BCUT2D eigenvalue weighted by molar-refractivity contribution is -0.137. The molecule has 25 heavy (non-hydrogen) atoms. The number of hydrogen-bond acceptors (Lipinski definition) is 3. The van der Waals surface area contributed by atoms with Gasteiger partial charge in [-0.15, -0.1) is 0 Å². The number of hydrogen-bond donors (Lipinski definition) is 3. The summed E-state index contributed by atoms with van der Waals surface area (Å²) < 4.78 is 0. The van der Waals surface area contributed by atoms with Crippen LogP contribution < -0.4 is 10.6 Å². The average Bonchev–Trinajstić information content (AvgIpc) is 3.00. The van der Waals surface area contributed by atoms with Gasteiger partial charge < -0.3 is 15.7 Å². The fourth-order valence-corrected chi connectivity index (χ4v) is 3.08. The zero-order valence-electron chi connectivity index (χ0n) is 14.8. The molecule has 3 rings (SSSR count). The second-order valence-corrected chi connectivity index (χ2v) is 7.26. The Morgan fingerprint density at radius 1 is 1.12 bits per heavy atom. The van der Waals surface area contributed by atoms with Gasteiger partial charge in [0.25, 0.3) is 0 Å². The van der Waals surface area contributed by atoms with E-state index >= 15 is 0 Å². The molecule has 3 N–H and O–H groups in total. The average molecular weight is 340 g/mol. The van der Waals surface area contributed by atoms with E-state index in [1.54, 1.807) is 6.92 Å². The van der Waals surface area contributed by atoms with E-state index in [0.717, 1.165) is 18.2 Å². The van der Waals surface area contributed by atoms with Crippen LogP contribution in [0.25, 0.3) is 10.8 Å². The summed E-state index contributed by atoms with van der Waals surface area (Å²) in [6, 6.07) is 9.90. The van der Waals surface area contributed by atoms with Gasteiger partial charge in [0.1, 0.15) is 0 Å². The highest BCUT2D eigenvalue weighted by molar-refractivity contribution is 6.40. The maximum Gasteiger partial charge on any atom is 0.313 e. The number of aliphatic hydroxyl groups is 1. The third-order valence-electron chi connectivity index (χ3n) is 5.18. The molecule has 1 aliphatic rings. The van der Waals surface area contributed by atoms with Gasteiger partial charge in [0.05, 0.1) is 5.60 Å². The van der Waals surface area contributed by atoms with Gasteiger partial charge in [-0.2, -0.15) is 0 Å². The second-order valence-electron chi connectivity index (χ2n) is 7.26. The molecule has 5 heteroatoms. The van der Waals surface area contributed by atoms with Gasteiger partial charge >= 0.3 is 11.8 Å². The highest BCUT2D eigenvalue weighted by atomic mass is 16.3. The lowest BCUT2D eigenvalue weighted by atomic mass is 9.92. The highest BCUT2D eigenvalue weighted by Crippen LogP contribution is 2.34. The van der Waals surface area contributed by atoms with E-state index in [-0.39, 0.29) is 12.5 Å². The molecule has 0 spiro atoms. The summed E-state index contributed by atoms with van der Waals surface area (Å²) >= 11 is 0. The van der Waals surface area contributed by atoms with E-state index in [9.17, 15) is 14.7 Å². The summed E-state index contributed by atoms with van der Waals surface area (Å²) in [7, 11) is 0. The van der Waals surface area contributed by atoms with E-state index < -0.39 is 17.4 Å². The normalized spacial score (nSPS) is 15.2. The molecule has 1 atom stereocenters. The lowest BCUT2D eigenvalue weighted by Gasteiger charge is -2.27. The van der Waals surface area contributed by atoms with Gasteiger partial charge in [-0.1, -0.05) is 38.1 Å². The Bertz CT molecular complexity index is 830. The minimum atomic E-state index is -1.06. The molecule has 0 fully saturated rings. The maximum absolute atomic E-state index is 12.2.